The highest BCUT2D eigenvalue weighted by atomic mass is 16.5. The van der Waals surface area contributed by atoms with Crippen LogP contribution in [-0.4, -0.2) is 32.3 Å². The Bertz CT molecular complexity index is 367. The number of fused-ring (bicyclic) bond motifs is 1. The summed E-state index contributed by atoms with van der Waals surface area (Å²) in [7, 11) is 1.70. The Morgan fingerprint density at radius 3 is 3.00 bits per heavy atom. The summed E-state index contributed by atoms with van der Waals surface area (Å²) < 4.78 is 5.12. The maximum absolute atomic E-state index is 6.07. The van der Waals surface area contributed by atoms with Crippen molar-refractivity contribution in [1.29, 1.82) is 0 Å². The SMILES string of the molecule is COCC(N)CN1c2ccccc2CCC1C. The van der Waals surface area contributed by atoms with E-state index in [-0.39, 0.29) is 6.04 Å². The summed E-state index contributed by atoms with van der Waals surface area (Å²) >= 11 is 0. The molecule has 3 heteroatoms. The topological polar surface area (TPSA) is 38.5 Å². The highest BCUT2D eigenvalue weighted by molar-refractivity contribution is 5.56. The molecule has 94 valence electrons. The predicted molar refractivity (Wildman–Crippen MR) is 71.4 cm³/mol. The summed E-state index contributed by atoms with van der Waals surface area (Å²) in [6.45, 7) is 3.76. The van der Waals surface area contributed by atoms with Crippen LogP contribution in [0.5, 0.6) is 0 Å². The molecule has 1 aliphatic rings. The number of ether oxygens (including phenoxy) is 1. The minimum Gasteiger partial charge on any atom is -0.383 e. The molecule has 0 radical (unpaired) electrons. The fraction of sp³-hybridized carbons (Fsp3) is 0.571. The number of nitrogens with two attached hydrogens (primary N) is 1. The van der Waals surface area contributed by atoms with Gasteiger partial charge in [-0.15, -0.1) is 0 Å². The zero-order chi connectivity index (χ0) is 12.3. The van der Waals surface area contributed by atoms with Crippen molar-refractivity contribution in [1.82, 2.24) is 0 Å². The molecule has 2 unspecified atom stereocenters. The average Bonchev–Trinajstić information content (AvgIpc) is 2.33. The summed E-state index contributed by atoms with van der Waals surface area (Å²) in [5, 5.41) is 0. The second-order valence-electron chi connectivity index (χ2n) is 4.88. The van der Waals surface area contributed by atoms with Crippen molar-refractivity contribution in [3.63, 3.8) is 0 Å². The first-order valence-electron chi connectivity index (χ1n) is 6.31. The van der Waals surface area contributed by atoms with Crippen LogP contribution in [-0.2, 0) is 11.2 Å². The van der Waals surface area contributed by atoms with E-state index in [1.165, 1.54) is 24.1 Å². The maximum atomic E-state index is 6.07. The highest BCUT2D eigenvalue weighted by Crippen LogP contribution is 2.30. The number of hydrogen-bond donors (Lipinski definition) is 1. The van der Waals surface area contributed by atoms with Crippen LogP contribution in [0, 0.1) is 0 Å². The van der Waals surface area contributed by atoms with Gasteiger partial charge in [0.05, 0.1) is 6.61 Å². The Hall–Kier alpha value is -1.06. The molecule has 1 heterocycles. The Morgan fingerprint density at radius 2 is 2.24 bits per heavy atom. The van der Waals surface area contributed by atoms with E-state index in [1.54, 1.807) is 7.11 Å². The van der Waals surface area contributed by atoms with Crippen molar-refractivity contribution in [3.05, 3.63) is 29.8 Å². The number of hydrogen-bond acceptors (Lipinski definition) is 3. The molecule has 0 fully saturated rings. The number of aryl methyl sites for hydroxylation is 1. The molecule has 0 aliphatic carbocycles. The fourth-order valence-electron chi connectivity index (χ4n) is 2.56. The van der Waals surface area contributed by atoms with Crippen LogP contribution in [0.15, 0.2) is 24.3 Å². The predicted octanol–water partition coefficient (Wildman–Crippen LogP) is 1.80. The van der Waals surface area contributed by atoms with Gasteiger partial charge in [-0.2, -0.15) is 0 Å². The molecule has 0 bridgehead atoms. The van der Waals surface area contributed by atoms with Gasteiger partial charge < -0.3 is 15.4 Å². The van der Waals surface area contributed by atoms with Crippen molar-refractivity contribution < 1.29 is 4.74 Å². The van der Waals surface area contributed by atoms with Crippen LogP contribution in [0.4, 0.5) is 5.69 Å². The van der Waals surface area contributed by atoms with Crippen LogP contribution in [0.1, 0.15) is 18.9 Å². The number of rotatable bonds is 4. The molecule has 3 nitrogen and oxygen atoms in total. The number of methoxy groups -OCH3 is 1. The molecule has 0 saturated heterocycles. The van der Waals surface area contributed by atoms with E-state index in [0.29, 0.717) is 12.6 Å². The Kier molecular flexibility index (Phi) is 4.02. The molecular formula is C14H22N2O. The molecule has 0 saturated carbocycles. The lowest BCUT2D eigenvalue weighted by molar-refractivity contribution is 0.180. The lowest BCUT2D eigenvalue weighted by Crippen LogP contribution is -2.46. The first-order chi connectivity index (χ1) is 8.22. The summed E-state index contributed by atoms with van der Waals surface area (Å²) in [4.78, 5) is 2.42. The molecule has 2 rings (SSSR count). The van der Waals surface area contributed by atoms with E-state index in [9.17, 15) is 0 Å². The quantitative estimate of drug-likeness (QED) is 0.863. The van der Waals surface area contributed by atoms with Gasteiger partial charge in [-0.05, 0) is 31.4 Å². The first-order valence-corrected chi connectivity index (χ1v) is 6.31. The van der Waals surface area contributed by atoms with Crippen molar-refractivity contribution in [3.8, 4) is 0 Å². The van der Waals surface area contributed by atoms with Crippen molar-refractivity contribution in [2.45, 2.75) is 31.8 Å². The molecule has 0 amide bonds. The van der Waals surface area contributed by atoms with Gasteiger partial charge in [0.25, 0.3) is 0 Å². The number of para-hydroxylation sites is 1. The van der Waals surface area contributed by atoms with Gasteiger partial charge in [-0.25, -0.2) is 0 Å². The van der Waals surface area contributed by atoms with Gasteiger partial charge >= 0.3 is 0 Å². The van der Waals surface area contributed by atoms with Crippen molar-refractivity contribution in [2.24, 2.45) is 5.73 Å². The molecule has 0 aromatic heterocycles. The zero-order valence-electron chi connectivity index (χ0n) is 10.7. The van der Waals surface area contributed by atoms with Gasteiger partial charge in [0.15, 0.2) is 0 Å². The standard InChI is InChI=1S/C14H22N2O/c1-11-7-8-12-5-3-4-6-14(12)16(11)9-13(15)10-17-2/h3-6,11,13H,7-10,15H2,1-2H3. The summed E-state index contributed by atoms with van der Waals surface area (Å²) in [5.41, 5.74) is 8.85. The lowest BCUT2D eigenvalue weighted by atomic mass is 9.96. The maximum Gasteiger partial charge on any atom is 0.0631 e. The smallest absolute Gasteiger partial charge is 0.0631 e. The molecular weight excluding hydrogens is 212 g/mol. The second-order valence-corrected chi connectivity index (χ2v) is 4.88. The largest absolute Gasteiger partial charge is 0.383 e. The minimum absolute atomic E-state index is 0.0774. The Labute approximate surface area is 104 Å². The van der Waals surface area contributed by atoms with Crippen LogP contribution in [0.2, 0.25) is 0 Å². The van der Waals surface area contributed by atoms with Gasteiger partial charge in [0.1, 0.15) is 0 Å². The van der Waals surface area contributed by atoms with Crippen LogP contribution < -0.4 is 10.6 Å². The normalized spacial score (nSPS) is 21.1. The van der Waals surface area contributed by atoms with Crippen LogP contribution >= 0.6 is 0 Å². The van der Waals surface area contributed by atoms with Crippen LogP contribution in [0.3, 0.4) is 0 Å². The third kappa shape index (κ3) is 2.79. The molecule has 1 aromatic rings. The van der Waals surface area contributed by atoms with Crippen molar-refractivity contribution >= 4 is 5.69 Å². The van der Waals surface area contributed by atoms with Gasteiger partial charge in [0, 0.05) is 31.4 Å². The van der Waals surface area contributed by atoms with Gasteiger partial charge in [-0.3, -0.25) is 0 Å². The summed E-state index contributed by atoms with van der Waals surface area (Å²) in [5.74, 6) is 0. The number of benzene rings is 1. The highest BCUT2D eigenvalue weighted by Gasteiger charge is 2.23. The summed E-state index contributed by atoms with van der Waals surface area (Å²) in [6, 6.07) is 9.27. The van der Waals surface area contributed by atoms with Crippen molar-refractivity contribution in [2.75, 3.05) is 25.2 Å². The number of nitrogens with zero attached hydrogens (tertiary/aromatic N) is 1. The third-order valence-corrected chi connectivity index (χ3v) is 3.48. The zero-order valence-corrected chi connectivity index (χ0v) is 10.7. The molecule has 0 spiro atoms. The molecule has 17 heavy (non-hydrogen) atoms. The molecule has 2 atom stereocenters. The lowest BCUT2D eigenvalue weighted by Gasteiger charge is -2.38. The monoisotopic (exact) mass is 234 g/mol. The van der Waals surface area contributed by atoms with E-state index in [4.69, 9.17) is 10.5 Å². The van der Waals surface area contributed by atoms with Gasteiger partial charge in [0.2, 0.25) is 0 Å². The minimum atomic E-state index is 0.0774. The van der Waals surface area contributed by atoms with E-state index in [0.717, 1.165) is 6.54 Å². The molecule has 1 aliphatic heterocycles. The molecule has 1 aromatic carbocycles. The van der Waals surface area contributed by atoms with E-state index in [1.807, 2.05) is 0 Å². The number of anilines is 1. The summed E-state index contributed by atoms with van der Waals surface area (Å²) in [6.07, 6.45) is 2.38. The van der Waals surface area contributed by atoms with E-state index in [2.05, 4.69) is 36.1 Å². The second kappa shape index (κ2) is 5.52. The van der Waals surface area contributed by atoms with Gasteiger partial charge in [-0.1, -0.05) is 18.2 Å². The van der Waals surface area contributed by atoms with Crippen LogP contribution in [0.25, 0.3) is 0 Å². The first kappa shape index (κ1) is 12.4. The van der Waals surface area contributed by atoms with E-state index >= 15 is 0 Å². The Balaban J connectivity index is 2.15. The fourth-order valence-corrected chi connectivity index (χ4v) is 2.56. The third-order valence-electron chi connectivity index (χ3n) is 3.48. The van der Waals surface area contributed by atoms with E-state index < -0.39 is 0 Å². The Morgan fingerprint density at radius 1 is 1.47 bits per heavy atom. The average molecular weight is 234 g/mol. The molecule has 2 N–H and O–H groups in total.